The van der Waals surface area contributed by atoms with Gasteiger partial charge in [-0.2, -0.15) is 0 Å². The average molecular weight is 288 g/mol. The van der Waals surface area contributed by atoms with Crippen LogP contribution in [-0.4, -0.2) is 27.0 Å². The molecule has 1 heterocycles. The fraction of sp³-hybridized carbons (Fsp3) is 0.214. The number of nitrogens with zero attached hydrogens (tertiary/aromatic N) is 3. The molecule has 2 N–H and O–H groups in total. The van der Waals surface area contributed by atoms with Gasteiger partial charge in [0.1, 0.15) is 5.69 Å². The van der Waals surface area contributed by atoms with Gasteiger partial charge in [-0.3, -0.25) is 4.79 Å². The minimum absolute atomic E-state index is 0.159. The molecule has 0 spiro atoms. The number of para-hydroxylation sites is 1. The van der Waals surface area contributed by atoms with Crippen molar-refractivity contribution in [3.05, 3.63) is 48.5 Å². The molecule has 0 saturated carbocycles. The number of rotatable bonds is 5. The van der Waals surface area contributed by atoms with Crippen molar-refractivity contribution in [1.29, 1.82) is 0 Å². The van der Waals surface area contributed by atoms with Crippen LogP contribution in [0.3, 0.4) is 0 Å². The minimum Gasteiger partial charge on any atom is -0.393 e. The molecule has 0 aliphatic rings. The molecule has 5 nitrogen and oxygen atoms in total. The van der Waals surface area contributed by atoms with Gasteiger partial charge in [-0.25, -0.2) is 4.98 Å². The van der Waals surface area contributed by atoms with Crippen LogP contribution in [-0.2, 0) is 7.05 Å². The maximum absolute atomic E-state index is 12.5. The molecule has 0 aliphatic heterocycles. The Bertz CT molecular complexity index is 609. The van der Waals surface area contributed by atoms with E-state index in [0.29, 0.717) is 23.6 Å². The van der Waals surface area contributed by atoms with Crippen molar-refractivity contribution >= 4 is 28.8 Å². The van der Waals surface area contributed by atoms with Gasteiger partial charge in [0.2, 0.25) is 0 Å². The predicted molar refractivity (Wildman–Crippen MR) is 82.7 cm³/mol. The fourth-order valence-corrected chi connectivity index (χ4v) is 1.93. The molecule has 6 heteroatoms. The molecule has 0 bridgehead atoms. The van der Waals surface area contributed by atoms with E-state index in [9.17, 15) is 4.79 Å². The number of hydrogen-bond acceptors (Lipinski definition) is 3. The standard InChI is InChI=1S/C14H16N4OS/c1-17-9-12(16-10-17)14(19)18(8-7-13(15)20)11-5-3-2-4-6-11/h2-6,9-10H,7-8H2,1H3,(H2,15,20). The van der Waals surface area contributed by atoms with Crippen LogP contribution in [0.4, 0.5) is 5.69 Å². The highest BCUT2D eigenvalue weighted by Gasteiger charge is 2.19. The van der Waals surface area contributed by atoms with Crippen LogP contribution in [0, 0.1) is 0 Å². The van der Waals surface area contributed by atoms with E-state index in [0.717, 1.165) is 5.69 Å². The number of amides is 1. The van der Waals surface area contributed by atoms with Crippen LogP contribution in [0.1, 0.15) is 16.9 Å². The lowest BCUT2D eigenvalue weighted by molar-refractivity contribution is 0.0983. The Morgan fingerprint density at radius 1 is 1.40 bits per heavy atom. The van der Waals surface area contributed by atoms with Crippen molar-refractivity contribution in [3.8, 4) is 0 Å². The monoisotopic (exact) mass is 288 g/mol. The SMILES string of the molecule is Cn1cnc(C(=O)N(CCC(N)=S)c2ccccc2)c1. The van der Waals surface area contributed by atoms with Crippen LogP contribution in [0.15, 0.2) is 42.9 Å². The Balaban J connectivity index is 2.26. The molecule has 1 aromatic carbocycles. The highest BCUT2D eigenvalue weighted by atomic mass is 32.1. The average Bonchev–Trinajstić information content (AvgIpc) is 2.86. The summed E-state index contributed by atoms with van der Waals surface area (Å²) < 4.78 is 1.74. The second kappa shape index (κ2) is 6.29. The van der Waals surface area contributed by atoms with Crippen molar-refractivity contribution < 1.29 is 4.79 Å². The third-order valence-corrected chi connectivity index (χ3v) is 3.02. The van der Waals surface area contributed by atoms with Crippen LogP contribution in [0.25, 0.3) is 0 Å². The van der Waals surface area contributed by atoms with Gasteiger partial charge < -0.3 is 15.2 Å². The zero-order valence-corrected chi connectivity index (χ0v) is 12.0. The van der Waals surface area contributed by atoms with E-state index in [1.807, 2.05) is 37.4 Å². The van der Waals surface area contributed by atoms with E-state index in [4.69, 9.17) is 18.0 Å². The highest BCUT2D eigenvalue weighted by molar-refractivity contribution is 7.80. The van der Waals surface area contributed by atoms with Crippen LogP contribution < -0.4 is 10.6 Å². The van der Waals surface area contributed by atoms with E-state index in [-0.39, 0.29) is 5.91 Å². The maximum atomic E-state index is 12.5. The number of benzene rings is 1. The molecule has 0 saturated heterocycles. The molecule has 0 aliphatic carbocycles. The number of anilines is 1. The molecule has 0 fully saturated rings. The summed E-state index contributed by atoms with van der Waals surface area (Å²) in [5, 5.41) is 0. The number of carbonyl (C=O) groups is 1. The highest BCUT2D eigenvalue weighted by Crippen LogP contribution is 2.16. The van der Waals surface area contributed by atoms with Crippen LogP contribution in [0.2, 0.25) is 0 Å². The van der Waals surface area contributed by atoms with Gasteiger partial charge in [0.15, 0.2) is 0 Å². The Kier molecular flexibility index (Phi) is 4.47. The molecule has 0 atom stereocenters. The first-order valence-electron chi connectivity index (χ1n) is 6.21. The third-order valence-electron chi connectivity index (χ3n) is 2.82. The van der Waals surface area contributed by atoms with E-state index in [1.165, 1.54) is 0 Å². The number of aryl methyl sites for hydroxylation is 1. The number of aromatic nitrogens is 2. The summed E-state index contributed by atoms with van der Waals surface area (Å²) in [6, 6.07) is 9.42. The smallest absolute Gasteiger partial charge is 0.278 e. The number of hydrogen-bond donors (Lipinski definition) is 1. The van der Waals surface area contributed by atoms with Crippen molar-refractivity contribution in [2.75, 3.05) is 11.4 Å². The summed E-state index contributed by atoms with van der Waals surface area (Å²) in [5.74, 6) is -0.159. The molecule has 2 rings (SSSR count). The quantitative estimate of drug-likeness (QED) is 0.851. The van der Waals surface area contributed by atoms with Gasteiger partial charge in [-0.05, 0) is 12.1 Å². The largest absolute Gasteiger partial charge is 0.393 e. The van der Waals surface area contributed by atoms with Gasteiger partial charge in [0.05, 0.1) is 11.3 Å². The maximum Gasteiger partial charge on any atom is 0.278 e. The van der Waals surface area contributed by atoms with Crippen molar-refractivity contribution in [3.63, 3.8) is 0 Å². The van der Waals surface area contributed by atoms with Crippen molar-refractivity contribution in [1.82, 2.24) is 9.55 Å². The predicted octanol–water partition coefficient (Wildman–Crippen LogP) is 1.74. The summed E-state index contributed by atoms with van der Waals surface area (Å²) in [6.07, 6.45) is 3.77. The van der Waals surface area contributed by atoms with Crippen LogP contribution >= 0.6 is 12.2 Å². The third kappa shape index (κ3) is 3.42. The molecule has 0 unspecified atom stereocenters. The topological polar surface area (TPSA) is 64.2 Å². The molecule has 0 radical (unpaired) electrons. The molecular formula is C14H16N4OS. The lowest BCUT2D eigenvalue weighted by Crippen LogP contribution is -2.34. The molecule has 2 aromatic rings. The first-order valence-corrected chi connectivity index (χ1v) is 6.62. The normalized spacial score (nSPS) is 10.2. The molecular weight excluding hydrogens is 272 g/mol. The fourth-order valence-electron chi connectivity index (χ4n) is 1.84. The van der Waals surface area contributed by atoms with Gasteiger partial charge >= 0.3 is 0 Å². The van der Waals surface area contributed by atoms with Gasteiger partial charge in [0.25, 0.3) is 5.91 Å². The number of nitrogens with two attached hydrogens (primary N) is 1. The second-order valence-electron chi connectivity index (χ2n) is 4.43. The molecule has 20 heavy (non-hydrogen) atoms. The molecule has 104 valence electrons. The van der Waals surface area contributed by atoms with Crippen LogP contribution in [0.5, 0.6) is 0 Å². The summed E-state index contributed by atoms with van der Waals surface area (Å²) in [6.45, 7) is 0.439. The van der Waals surface area contributed by atoms with Gasteiger partial charge in [0, 0.05) is 31.9 Å². The Morgan fingerprint density at radius 3 is 2.65 bits per heavy atom. The van der Waals surface area contributed by atoms with Crippen molar-refractivity contribution in [2.45, 2.75) is 6.42 Å². The summed E-state index contributed by atoms with van der Waals surface area (Å²) in [4.78, 5) is 18.7. The first kappa shape index (κ1) is 14.2. The Labute approximate surface area is 123 Å². The van der Waals surface area contributed by atoms with E-state index < -0.39 is 0 Å². The Morgan fingerprint density at radius 2 is 2.10 bits per heavy atom. The van der Waals surface area contributed by atoms with E-state index in [2.05, 4.69) is 4.98 Å². The number of imidazole rings is 1. The number of carbonyl (C=O) groups excluding carboxylic acids is 1. The zero-order chi connectivity index (χ0) is 14.5. The minimum atomic E-state index is -0.159. The summed E-state index contributed by atoms with van der Waals surface area (Å²) in [5.41, 5.74) is 6.74. The van der Waals surface area contributed by atoms with E-state index >= 15 is 0 Å². The lowest BCUT2D eigenvalue weighted by atomic mass is 10.2. The molecule has 1 aromatic heterocycles. The van der Waals surface area contributed by atoms with Gasteiger partial charge in [-0.1, -0.05) is 30.4 Å². The molecule has 1 amide bonds. The zero-order valence-electron chi connectivity index (χ0n) is 11.2. The lowest BCUT2D eigenvalue weighted by Gasteiger charge is -2.21. The first-order chi connectivity index (χ1) is 9.58. The number of thiocarbonyl (C=S) groups is 1. The van der Waals surface area contributed by atoms with Gasteiger partial charge in [-0.15, -0.1) is 0 Å². The Hall–Kier alpha value is -2.21. The summed E-state index contributed by atoms with van der Waals surface area (Å²) >= 11 is 4.89. The van der Waals surface area contributed by atoms with Crippen molar-refractivity contribution in [2.24, 2.45) is 12.8 Å². The van der Waals surface area contributed by atoms with E-state index in [1.54, 1.807) is 22.0 Å². The second-order valence-corrected chi connectivity index (χ2v) is 4.96. The summed E-state index contributed by atoms with van der Waals surface area (Å²) in [7, 11) is 1.83.